The lowest BCUT2D eigenvalue weighted by Gasteiger charge is -2.40. The number of ether oxygens (including phenoxy) is 1. The van der Waals surface area contributed by atoms with E-state index in [4.69, 9.17) is 5.73 Å². The van der Waals surface area contributed by atoms with Crippen molar-refractivity contribution >= 4 is 5.97 Å². The summed E-state index contributed by atoms with van der Waals surface area (Å²) in [6, 6.07) is 0.369. The first-order chi connectivity index (χ1) is 7.90. The van der Waals surface area contributed by atoms with Gasteiger partial charge in [0.05, 0.1) is 7.11 Å². The van der Waals surface area contributed by atoms with E-state index < -0.39 is 11.6 Å². The predicted molar refractivity (Wildman–Crippen MR) is 65.5 cm³/mol. The highest BCUT2D eigenvalue weighted by atomic mass is 16.5. The Balaban J connectivity index is 2.62. The summed E-state index contributed by atoms with van der Waals surface area (Å²) in [5, 5.41) is 10.1. The molecule has 0 spiro atoms. The fraction of sp³-hybridized carbons (Fsp3) is 0.917. The molecule has 0 radical (unpaired) electrons. The fourth-order valence-electron chi connectivity index (χ4n) is 2.36. The molecule has 0 aromatic rings. The van der Waals surface area contributed by atoms with Gasteiger partial charge in [-0.05, 0) is 39.2 Å². The number of hydrogen-bond acceptors (Lipinski definition) is 5. The Labute approximate surface area is 103 Å². The Morgan fingerprint density at radius 3 is 2.76 bits per heavy atom. The predicted octanol–water partition coefficient (Wildman–Crippen LogP) is -0.0304. The molecule has 1 aliphatic heterocycles. The van der Waals surface area contributed by atoms with Crippen LogP contribution in [0.5, 0.6) is 0 Å². The van der Waals surface area contributed by atoms with Gasteiger partial charge in [0.2, 0.25) is 0 Å². The van der Waals surface area contributed by atoms with Crippen molar-refractivity contribution in [1.29, 1.82) is 0 Å². The number of rotatable bonds is 4. The number of carbonyl (C=O) groups excluding carboxylic acids is 1. The molecular weight excluding hydrogens is 220 g/mol. The maximum Gasteiger partial charge on any atom is 0.338 e. The van der Waals surface area contributed by atoms with Crippen molar-refractivity contribution in [2.75, 3.05) is 26.7 Å². The SMILES string of the molecule is COC(=O)C(C)(O)CN1CC(CN)CCC1C. The molecule has 5 nitrogen and oxygen atoms in total. The van der Waals surface area contributed by atoms with Gasteiger partial charge in [0, 0.05) is 19.1 Å². The van der Waals surface area contributed by atoms with Crippen molar-refractivity contribution in [2.45, 2.75) is 38.3 Å². The normalized spacial score (nSPS) is 29.7. The molecule has 3 unspecified atom stereocenters. The van der Waals surface area contributed by atoms with Crippen molar-refractivity contribution in [3.8, 4) is 0 Å². The summed E-state index contributed by atoms with van der Waals surface area (Å²) >= 11 is 0. The zero-order valence-electron chi connectivity index (χ0n) is 11.0. The fourth-order valence-corrected chi connectivity index (χ4v) is 2.36. The third-order valence-electron chi connectivity index (χ3n) is 3.58. The van der Waals surface area contributed by atoms with Crippen LogP contribution in [0.2, 0.25) is 0 Å². The molecule has 5 heteroatoms. The van der Waals surface area contributed by atoms with Crippen LogP contribution in [0, 0.1) is 5.92 Å². The van der Waals surface area contributed by atoms with Crippen LogP contribution < -0.4 is 5.73 Å². The molecule has 0 aliphatic carbocycles. The minimum atomic E-state index is -1.44. The first kappa shape index (κ1) is 14.4. The molecule has 0 amide bonds. The summed E-state index contributed by atoms with van der Waals surface area (Å²) in [4.78, 5) is 13.6. The summed E-state index contributed by atoms with van der Waals surface area (Å²) in [6.07, 6.45) is 2.17. The molecule has 0 aromatic heterocycles. The van der Waals surface area contributed by atoms with E-state index in [-0.39, 0.29) is 0 Å². The van der Waals surface area contributed by atoms with Gasteiger partial charge in [-0.15, -0.1) is 0 Å². The van der Waals surface area contributed by atoms with E-state index in [2.05, 4.69) is 16.6 Å². The van der Waals surface area contributed by atoms with E-state index >= 15 is 0 Å². The number of aliphatic hydroxyl groups is 1. The van der Waals surface area contributed by atoms with E-state index in [0.717, 1.165) is 19.4 Å². The summed E-state index contributed by atoms with van der Waals surface area (Å²) < 4.78 is 4.60. The molecule has 0 bridgehead atoms. The van der Waals surface area contributed by atoms with Crippen LogP contribution in [0.1, 0.15) is 26.7 Å². The number of carbonyl (C=O) groups is 1. The summed E-state index contributed by atoms with van der Waals surface area (Å²) in [7, 11) is 1.29. The van der Waals surface area contributed by atoms with Gasteiger partial charge >= 0.3 is 5.97 Å². The molecule has 1 heterocycles. The second-order valence-corrected chi connectivity index (χ2v) is 5.22. The van der Waals surface area contributed by atoms with Crippen LogP contribution in [0.3, 0.4) is 0 Å². The highest BCUT2D eigenvalue weighted by Crippen LogP contribution is 2.23. The smallest absolute Gasteiger partial charge is 0.338 e. The second kappa shape index (κ2) is 5.80. The summed E-state index contributed by atoms with van der Waals surface area (Å²) in [6.45, 7) is 5.41. The van der Waals surface area contributed by atoms with E-state index in [1.54, 1.807) is 0 Å². The van der Waals surface area contributed by atoms with Gasteiger partial charge in [0.15, 0.2) is 5.60 Å². The van der Waals surface area contributed by atoms with E-state index in [0.29, 0.717) is 25.0 Å². The van der Waals surface area contributed by atoms with Gasteiger partial charge in [0.1, 0.15) is 0 Å². The van der Waals surface area contributed by atoms with E-state index in [1.165, 1.54) is 14.0 Å². The zero-order valence-corrected chi connectivity index (χ0v) is 11.0. The lowest BCUT2D eigenvalue weighted by molar-refractivity contribution is -0.163. The minimum Gasteiger partial charge on any atom is -0.467 e. The second-order valence-electron chi connectivity index (χ2n) is 5.22. The molecule has 1 aliphatic rings. The largest absolute Gasteiger partial charge is 0.467 e. The number of piperidine rings is 1. The topological polar surface area (TPSA) is 75.8 Å². The molecule has 1 fully saturated rings. The molecule has 0 saturated carbocycles. The standard InChI is InChI=1S/C12H24N2O3/c1-9-4-5-10(6-13)7-14(9)8-12(2,16)11(15)17-3/h9-10,16H,4-8,13H2,1-3H3. The zero-order chi connectivity index (χ0) is 13.1. The molecule has 1 saturated heterocycles. The Morgan fingerprint density at radius 2 is 2.24 bits per heavy atom. The van der Waals surface area contributed by atoms with Gasteiger partial charge in [-0.25, -0.2) is 4.79 Å². The Kier molecular flexibility index (Phi) is 4.91. The maximum atomic E-state index is 11.4. The summed E-state index contributed by atoms with van der Waals surface area (Å²) in [5.74, 6) is -0.126. The first-order valence-electron chi connectivity index (χ1n) is 6.15. The van der Waals surface area contributed by atoms with Crippen molar-refractivity contribution in [3.05, 3.63) is 0 Å². The van der Waals surface area contributed by atoms with Crippen molar-refractivity contribution < 1.29 is 14.6 Å². The molecular formula is C12H24N2O3. The average Bonchev–Trinajstić information content (AvgIpc) is 2.30. The highest BCUT2D eigenvalue weighted by molar-refractivity contribution is 5.78. The molecule has 3 N–H and O–H groups in total. The van der Waals surface area contributed by atoms with Gasteiger partial charge in [-0.2, -0.15) is 0 Å². The Bertz CT molecular complexity index is 268. The van der Waals surface area contributed by atoms with Crippen molar-refractivity contribution in [3.63, 3.8) is 0 Å². The van der Waals surface area contributed by atoms with Gasteiger partial charge < -0.3 is 15.6 Å². The number of nitrogens with zero attached hydrogens (tertiary/aromatic N) is 1. The highest BCUT2D eigenvalue weighted by Gasteiger charge is 2.36. The third-order valence-corrected chi connectivity index (χ3v) is 3.58. The van der Waals surface area contributed by atoms with Crippen molar-refractivity contribution in [2.24, 2.45) is 11.7 Å². The van der Waals surface area contributed by atoms with E-state index in [1.807, 2.05) is 0 Å². The molecule has 3 atom stereocenters. The Morgan fingerprint density at radius 1 is 1.59 bits per heavy atom. The summed E-state index contributed by atoms with van der Waals surface area (Å²) in [5.41, 5.74) is 4.23. The minimum absolute atomic E-state index is 0.303. The number of nitrogens with two attached hydrogens (primary N) is 1. The lowest BCUT2D eigenvalue weighted by Crippen LogP contribution is -2.53. The van der Waals surface area contributed by atoms with Crippen molar-refractivity contribution in [1.82, 2.24) is 4.90 Å². The maximum absolute atomic E-state index is 11.4. The van der Waals surface area contributed by atoms with Gasteiger partial charge in [-0.1, -0.05) is 0 Å². The Hall–Kier alpha value is -0.650. The van der Waals surface area contributed by atoms with Crippen LogP contribution in [-0.2, 0) is 9.53 Å². The molecule has 17 heavy (non-hydrogen) atoms. The first-order valence-corrected chi connectivity index (χ1v) is 6.15. The van der Waals surface area contributed by atoms with Crippen LogP contribution in [0.15, 0.2) is 0 Å². The monoisotopic (exact) mass is 244 g/mol. The number of hydrogen-bond donors (Lipinski definition) is 2. The van der Waals surface area contributed by atoms with Crippen LogP contribution in [0.25, 0.3) is 0 Å². The van der Waals surface area contributed by atoms with Gasteiger partial charge in [0.25, 0.3) is 0 Å². The molecule has 1 rings (SSSR count). The average molecular weight is 244 g/mol. The quantitative estimate of drug-likeness (QED) is 0.679. The van der Waals surface area contributed by atoms with Gasteiger partial charge in [-0.3, -0.25) is 4.90 Å². The third kappa shape index (κ3) is 3.66. The lowest BCUT2D eigenvalue weighted by atomic mass is 9.92. The van der Waals surface area contributed by atoms with E-state index in [9.17, 15) is 9.90 Å². The number of likely N-dealkylation sites (tertiary alicyclic amines) is 1. The number of esters is 1. The van der Waals surface area contributed by atoms with Crippen LogP contribution >= 0.6 is 0 Å². The molecule has 0 aromatic carbocycles. The van der Waals surface area contributed by atoms with Crippen LogP contribution in [0.4, 0.5) is 0 Å². The number of methoxy groups -OCH3 is 1. The number of β-amino-alcohol motifs (C(OH)–C–C–N with tert-alkyl or cyclic N) is 1. The van der Waals surface area contributed by atoms with Crippen LogP contribution in [-0.4, -0.2) is 54.4 Å². The molecule has 100 valence electrons.